The summed E-state index contributed by atoms with van der Waals surface area (Å²) in [6.07, 6.45) is 0.111. The van der Waals surface area contributed by atoms with Crippen LogP contribution in [-0.4, -0.2) is 38.5 Å². The lowest BCUT2D eigenvalue weighted by Gasteiger charge is -2.09. The number of carbonyl (C=O) groups is 3. The van der Waals surface area contributed by atoms with Crippen molar-refractivity contribution in [2.75, 3.05) is 26.1 Å². The van der Waals surface area contributed by atoms with E-state index in [1.54, 1.807) is 48.5 Å². The molecule has 0 saturated heterocycles. The van der Waals surface area contributed by atoms with E-state index in [9.17, 15) is 14.4 Å². The maximum Gasteiger partial charge on any atom is 0.337 e. The first-order chi connectivity index (χ1) is 12.5. The molecule has 0 heterocycles. The number of carbonyl (C=O) groups excluding carboxylic acids is 3. The third-order valence-electron chi connectivity index (χ3n) is 3.58. The first-order valence-electron chi connectivity index (χ1n) is 7.94. The van der Waals surface area contributed by atoms with Gasteiger partial charge in [-0.25, -0.2) is 4.79 Å². The van der Waals surface area contributed by atoms with Crippen molar-refractivity contribution in [2.45, 2.75) is 6.42 Å². The second-order valence-corrected chi connectivity index (χ2v) is 5.32. The highest BCUT2D eigenvalue weighted by Gasteiger charge is 2.12. The van der Waals surface area contributed by atoms with Gasteiger partial charge >= 0.3 is 5.97 Å². The number of nitrogens with one attached hydrogen (secondary N) is 2. The Balaban J connectivity index is 1.81. The third kappa shape index (κ3) is 5.07. The molecule has 0 aliphatic carbocycles. The van der Waals surface area contributed by atoms with Crippen LogP contribution in [0, 0.1) is 0 Å². The average Bonchev–Trinajstić information content (AvgIpc) is 2.67. The summed E-state index contributed by atoms with van der Waals surface area (Å²) in [5.41, 5.74) is 1.36. The van der Waals surface area contributed by atoms with Gasteiger partial charge in [0.1, 0.15) is 5.75 Å². The van der Waals surface area contributed by atoms with Crippen LogP contribution in [0.5, 0.6) is 5.75 Å². The molecule has 0 saturated carbocycles. The predicted octanol–water partition coefficient (Wildman–Crippen LogP) is 2.24. The van der Waals surface area contributed by atoms with E-state index in [1.807, 2.05) is 0 Å². The monoisotopic (exact) mass is 356 g/mol. The molecule has 0 unspecified atom stereocenters. The number of esters is 1. The molecular formula is C19H20N2O5. The lowest BCUT2D eigenvalue weighted by atomic mass is 10.2. The summed E-state index contributed by atoms with van der Waals surface area (Å²) in [6, 6.07) is 13.2. The second kappa shape index (κ2) is 9.22. The molecule has 26 heavy (non-hydrogen) atoms. The molecule has 2 amide bonds. The Hall–Kier alpha value is -3.35. The molecule has 2 aromatic rings. The van der Waals surface area contributed by atoms with Crippen molar-refractivity contribution in [3.8, 4) is 5.75 Å². The van der Waals surface area contributed by atoms with Crippen LogP contribution in [0.4, 0.5) is 5.69 Å². The van der Waals surface area contributed by atoms with E-state index in [4.69, 9.17) is 4.74 Å². The van der Waals surface area contributed by atoms with Gasteiger partial charge in [0.2, 0.25) is 5.91 Å². The Morgan fingerprint density at radius 3 is 2.31 bits per heavy atom. The van der Waals surface area contributed by atoms with Crippen LogP contribution >= 0.6 is 0 Å². The van der Waals surface area contributed by atoms with E-state index < -0.39 is 5.97 Å². The van der Waals surface area contributed by atoms with Gasteiger partial charge in [-0.3, -0.25) is 9.59 Å². The first kappa shape index (κ1) is 19.0. The van der Waals surface area contributed by atoms with Crippen molar-refractivity contribution >= 4 is 23.5 Å². The van der Waals surface area contributed by atoms with Crippen LogP contribution in [0.15, 0.2) is 48.5 Å². The Morgan fingerprint density at radius 1 is 0.962 bits per heavy atom. The smallest absolute Gasteiger partial charge is 0.337 e. The Bertz CT molecular complexity index is 787. The second-order valence-electron chi connectivity index (χ2n) is 5.32. The van der Waals surface area contributed by atoms with Crippen molar-refractivity contribution in [3.05, 3.63) is 59.7 Å². The molecule has 2 aromatic carbocycles. The molecule has 0 fully saturated rings. The highest BCUT2D eigenvalue weighted by atomic mass is 16.5. The van der Waals surface area contributed by atoms with Gasteiger partial charge in [-0.1, -0.05) is 12.1 Å². The van der Waals surface area contributed by atoms with Gasteiger partial charge in [0, 0.05) is 18.7 Å². The highest BCUT2D eigenvalue weighted by Crippen LogP contribution is 2.16. The van der Waals surface area contributed by atoms with Crippen molar-refractivity contribution in [1.29, 1.82) is 0 Å². The number of amides is 2. The van der Waals surface area contributed by atoms with Gasteiger partial charge in [0.25, 0.3) is 5.91 Å². The fourth-order valence-corrected chi connectivity index (χ4v) is 2.25. The zero-order valence-electron chi connectivity index (χ0n) is 14.6. The zero-order valence-corrected chi connectivity index (χ0v) is 14.6. The van der Waals surface area contributed by atoms with E-state index in [0.29, 0.717) is 22.6 Å². The first-order valence-corrected chi connectivity index (χ1v) is 7.94. The van der Waals surface area contributed by atoms with Crippen molar-refractivity contribution in [2.24, 2.45) is 0 Å². The normalized spacial score (nSPS) is 9.92. The third-order valence-corrected chi connectivity index (χ3v) is 3.58. The van der Waals surface area contributed by atoms with E-state index >= 15 is 0 Å². The number of benzene rings is 2. The molecule has 7 nitrogen and oxygen atoms in total. The summed E-state index contributed by atoms with van der Waals surface area (Å²) in [5.74, 6) is -0.532. The summed E-state index contributed by atoms with van der Waals surface area (Å²) < 4.78 is 9.74. The van der Waals surface area contributed by atoms with Crippen LogP contribution in [0.2, 0.25) is 0 Å². The van der Waals surface area contributed by atoms with Gasteiger partial charge in [-0.2, -0.15) is 0 Å². The van der Waals surface area contributed by atoms with Crippen LogP contribution in [0.3, 0.4) is 0 Å². The SMILES string of the molecule is COC(=O)c1ccc(NC(=O)CCNC(=O)c2ccccc2OC)cc1. The Morgan fingerprint density at radius 2 is 1.65 bits per heavy atom. The minimum Gasteiger partial charge on any atom is -0.496 e. The summed E-state index contributed by atoms with van der Waals surface area (Å²) in [7, 11) is 2.79. The summed E-state index contributed by atoms with van der Waals surface area (Å²) in [5, 5.41) is 5.38. The topological polar surface area (TPSA) is 93.7 Å². The van der Waals surface area contributed by atoms with E-state index in [0.717, 1.165) is 0 Å². The van der Waals surface area contributed by atoms with Gasteiger partial charge in [0.05, 0.1) is 25.3 Å². The number of anilines is 1. The predicted molar refractivity (Wildman–Crippen MR) is 96.4 cm³/mol. The van der Waals surface area contributed by atoms with Crippen LogP contribution in [-0.2, 0) is 9.53 Å². The molecule has 136 valence electrons. The molecule has 2 N–H and O–H groups in total. The number of hydrogen-bond donors (Lipinski definition) is 2. The molecule has 0 radical (unpaired) electrons. The van der Waals surface area contributed by atoms with Crippen LogP contribution in [0.25, 0.3) is 0 Å². The summed E-state index contributed by atoms with van der Waals surface area (Å²) in [6.45, 7) is 0.183. The highest BCUT2D eigenvalue weighted by molar-refractivity contribution is 5.97. The minimum atomic E-state index is -0.443. The van der Waals surface area contributed by atoms with Gasteiger partial charge in [0.15, 0.2) is 0 Å². The summed E-state index contributed by atoms with van der Waals surface area (Å²) in [4.78, 5) is 35.4. The number of hydrogen-bond acceptors (Lipinski definition) is 5. The van der Waals surface area contributed by atoms with Crippen molar-refractivity contribution in [1.82, 2.24) is 5.32 Å². The molecule has 2 rings (SSSR count). The van der Waals surface area contributed by atoms with Gasteiger partial charge in [-0.15, -0.1) is 0 Å². The number of para-hydroxylation sites is 1. The Labute approximate surface area is 151 Å². The zero-order chi connectivity index (χ0) is 18.9. The molecule has 0 atom stereocenters. The van der Waals surface area contributed by atoms with Gasteiger partial charge < -0.3 is 20.1 Å². The quantitative estimate of drug-likeness (QED) is 0.742. The number of methoxy groups -OCH3 is 2. The van der Waals surface area contributed by atoms with Gasteiger partial charge in [-0.05, 0) is 36.4 Å². The van der Waals surface area contributed by atoms with Crippen molar-refractivity contribution in [3.63, 3.8) is 0 Å². The van der Waals surface area contributed by atoms with Crippen LogP contribution < -0.4 is 15.4 Å². The van der Waals surface area contributed by atoms with Crippen LogP contribution in [0.1, 0.15) is 27.1 Å². The maximum absolute atomic E-state index is 12.1. The lowest BCUT2D eigenvalue weighted by Crippen LogP contribution is -2.28. The largest absolute Gasteiger partial charge is 0.496 e. The van der Waals surface area contributed by atoms with E-state index in [2.05, 4.69) is 15.4 Å². The lowest BCUT2D eigenvalue weighted by molar-refractivity contribution is -0.116. The van der Waals surface area contributed by atoms with E-state index in [-0.39, 0.29) is 24.8 Å². The molecule has 7 heteroatoms. The molecular weight excluding hydrogens is 336 g/mol. The fraction of sp³-hybridized carbons (Fsp3) is 0.211. The van der Waals surface area contributed by atoms with E-state index in [1.165, 1.54) is 14.2 Å². The number of rotatable bonds is 7. The maximum atomic E-state index is 12.1. The minimum absolute atomic E-state index is 0.111. The molecule has 0 bridgehead atoms. The fourth-order valence-electron chi connectivity index (χ4n) is 2.25. The number of ether oxygens (including phenoxy) is 2. The Kier molecular flexibility index (Phi) is 6.73. The molecule has 0 aliphatic rings. The molecule has 0 aromatic heterocycles. The molecule has 0 spiro atoms. The molecule has 0 aliphatic heterocycles. The summed E-state index contributed by atoms with van der Waals surface area (Å²) >= 11 is 0. The standard InChI is InChI=1S/C19H20N2O5/c1-25-16-6-4-3-5-15(16)18(23)20-12-11-17(22)21-14-9-7-13(8-10-14)19(24)26-2/h3-10H,11-12H2,1-2H3,(H,20,23)(H,21,22). The average molecular weight is 356 g/mol. The van der Waals surface area contributed by atoms with Crippen molar-refractivity contribution < 1.29 is 23.9 Å².